The SMILES string of the molecule is CC(C)(CNC(=O)Cc1csc(-c2ccccc2)n1)c1cccc(Cl)c1. The van der Waals surface area contributed by atoms with Crippen molar-refractivity contribution >= 4 is 28.8 Å². The van der Waals surface area contributed by atoms with Gasteiger partial charge in [-0.2, -0.15) is 0 Å². The normalized spacial score (nSPS) is 11.3. The summed E-state index contributed by atoms with van der Waals surface area (Å²) < 4.78 is 0. The van der Waals surface area contributed by atoms with E-state index >= 15 is 0 Å². The maximum absolute atomic E-state index is 12.3. The van der Waals surface area contributed by atoms with Crippen LogP contribution in [0.25, 0.3) is 10.6 Å². The molecule has 3 aromatic rings. The number of hydrogen-bond donors (Lipinski definition) is 1. The first-order valence-corrected chi connectivity index (χ1v) is 9.72. The summed E-state index contributed by atoms with van der Waals surface area (Å²) in [4.78, 5) is 16.9. The number of thiazole rings is 1. The zero-order valence-electron chi connectivity index (χ0n) is 14.8. The largest absolute Gasteiger partial charge is 0.355 e. The fourth-order valence-electron chi connectivity index (χ4n) is 2.66. The van der Waals surface area contributed by atoms with Crippen molar-refractivity contribution in [2.45, 2.75) is 25.7 Å². The summed E-state index contributed by atoms with van der Waals surface area (Å²) in [5, 5.41) is 6.61. The minimum absolute atomic E-state index is 0.0231. The number of amides is 1. The number of nitrogens with zero attached hydrogens (tertiary/aromatic N) is 1. The van der Waals surface area contributed by atoms with Crippen molar-refractivity contribution in [3.05, 3.63) is 76.3 Å². The number of benzene rings is 2. The summed E-state index contributed by atoms with van der Waals surface area (Å²) in [7, 11) is 0. The molecule has 0 bridgehead atoms. The highest BCUT2D eigenvalue weighted by atomic mass is 35.5. The van der Waals surface area contributed by atoms with Crippen LogP contribution < -0.4 is 5.32 Å². The molecule has 5 heteroatoms. The van der Waals surface area contributed by atoms with E-state index in [4.69, 9.17) is 11.6 Å². The average Bonchev–Trinajstić information content (AvgIpc) is 3.09. The van der Waals surface area contributed by atoms with E-state index in [-0.39, 0.29) is 17.7 Å². The Hall–Kier alpha value is -2.17. The van der Waals surface area contributed by atoms with Gasteiger partial charge in [0.25, 0.3) is 0 Å². The molecule has 0 aliphatic heterocycles. The Kier molecular flexibility index (Phi) is 5.74. The quantitative estimate of drug-likeness (QED) is 0.642. The Labute approximate surface area is 163 Å². The lowest BCUT2D eigenvalue weighted by molar-refractivity contribution is -0.120. The Morgan fingerprint density at radius 1 is 1.15 bits per heavy atom. The molecule has 1 N–H and O–H groups in total. The van der Waals surface area contributed by atoms with Gasteiger partial charge in [-0.1, -0.05) is 67.9 Å². The van der Waals surface area contributed by atoms with Gasteiger partial charge in [0.1, 0.15) is 5.01 Å². The van der Waals surface area contributed by atoms with E-state index in [1.54, 1.807) is 11.3 Å². The third kappa shape index (κ3) is 4.71. The lowest BCUT2D eigenvalue weighted by atomic mass is 9.84. The lowest BCUT2D eigenvalue weighted by Crippen LogP contribution is -2.37. The Balaban J connectivity index is 1.58. The molecule has 0 atom stereocenters. The van der Waals surface area contributed by atoms with E-state index in [0.717, 1.165) is 21.8 Å². The molecular weight excluding hydrogens is 364 g/mol. The fourth-order valence-corrected chi connectivity index (χ4v) is 3.68. The minimum atomic E-state index is -0.197. The average molecular weight is 385 g/mol. The summed E-state index contributed by atoms with van der Waals surface area (Å²) >= 11 is 7.64. The fraction of sp³-hybridized carbons (Fsp3) is 0.238. The number of hydrogen-bond acceptors (Lipinski definition) is 3. The van der Waals surface area contributed by atoms with Gasteiger partial charge in [0.2, 0.25) is 5.91 Å². The lowest BCUT2D eigenvalue weighted by Gasteiger charge is -2.25. The molecule has 134 valence electrons. The van der Waals surface area contributed by atoms with Crippen LogP contribution in [0, 0.1) is 0 Å². The van der Waals surface area contributed by atoms with Gasteiger partial charge < -0.3 is 5.32 Å². The number of rotatable bonds is 6. The number of halogens is 1. The van der Waals surface area contributed by atoms with Crippen molar-refractivity contribution in [2.75, 3.05) is 6.54 Å². The first kappa shape index (κ1) is 18.6. The number of carbonyl (C=O) groups excluding carboxylic acids is 1. The van der Waals surface area contributed by atoms with Crippen LogP contribution >= 0.6 is 22.9 Å². The molecule has 26 heavy (non-hydrogen) atoms. The van der Waals surface area contributed by atoms with Gasteiger partial charge in [0.15, 0.2) is 0 Å². The number of nitrogens with one attached hydrogen (secondary N) is 1. The van der Waals surface area contributed by atoms with E-state index in [1.807, 2.05) is 60.0 Å². The summed E-state index contributed by atoms with van der Waals surface area (Å²) in [6.45, 7) is 4.73. The van der Waals surface area contributed by atoms with Crippen molar-refractivity contribution < 1.29 is 4.79 Å². The summed E-state index contributed by atoms with van der Waals surface area (Å²) in [6, 6.07) is 17.8. The molecule has 0 spiro atoms. The second-order valence-electron chi connectivity index (χ2n) is 6.86. The van der Waals surface area contributed by atoms with Crippen molar-refractivity contribution in [2.24, 2.45) is 0 Å². The van der Waals surface area contributed by atoms with Gasteiger partial charge in [0, 0.05) is 27.9 Å². The molecule has 2 aromatic carbocycles. The third-order valence-corrected chi connectivity index (χ3v) is 5.42. The van der Waals surface area contributed by atoms with Crippen molar-refractivity contribution in [1.82, 2.24) is 10.3 Å². The van der Waals surface area contributed by atoms with Gasteiger partial charge >= 0.3 is 0 Å². The molecule has 0 saturated heterocycles. The van der Waals surface area contributed by atoms with Crippen LogP contribution in [0.15, 0.2) is 60.0 Å². The van der Waals surface area contributed by atoms with E-state index in [0.29, 0.717) is 11.6 Å². The van der Waals surface area contributed by atoms with Crippen LogP contribution in [0.2, 0.25) is 5.02 Å². The first-order chi connectivity index (χ1) is 12.4. The second-order valence-corrected chi connectivity index (χ2v) is 8.15. The molecule has 0 aliphatic carbocycles. The van der Waals surface area contributed by atoms with Crippen molar-refractivity contribution in [3.8, 4) is 10.6 Å². The van der Waals surface area contributed by atoms with Crippen LogP contribution in [0.4, 0.5) is 0 Å². The van der Waals surface area contributed by atoms with Crippen LogP contribution in [-0.2, 0) is 16.6 Å². The van der Waals surface area contributed by atoms with E-state index < -0.39 is 0 Å². The van der Waals surface area contributed by atoms with E-state index in [9.17, 15) is 4.79 Å². The number of carbonyl (C=O) groups is 1. The Morgan fingerprint density at radius 2 is 1.92 bits per heavy atom. The monoisotopic (exact) mass is 384 g/mol. The summed E-state index contributed by atoms with van der Waals surface area (Å²) in [5.41, 5.74) is 2.78. The molecule has 0 radical (unpaired) electrons. The Morgan fingerprint density at radius 3 is 2.65 bits per heavy atom. The minimum Gasteiger partial charge on any atom is -0.355 e. The molecule has 3 nitrogen and oxygen atoms in total. The van der Waals surface area contributed by atoms with Gasteiger partial charge in [0.05, 0.1) is 12.1 Å². The smallest absolute Gasteiger partial charge is 0.226 e. The van der Waals surface area contributed by atoms with Gasteiger partial charge in [-0.25, -0.2) is 4.98 Å². The second kappa shape index (κ2) is 8.02. The Bertz CT molecular complexity index is 890. The summed E-state index contributed by atoms with van der Waals surface area (Å²) in [6.07, 6.45) is 0.287. The zero-order valence-corrected chi connectivity index (χ0v) is 16.4. The van der Waals surface area contributed by atoms with E-state index in [2.05, 4.69) is 24.1 Å². The van der Waals surface area contributed by atoms with E-state index in [1.165, 1.54) is 0 Å². The molecule has 0 saturated carbocycles. The number of aromatic nitrogens is 1. The summed E-state index contributed by atoms with van der Waals surface area (Å²) in [5.74, 6) is -0.0231. The molecule has 0 fully saturated rings. The highest BCUT2D eigenvalue weighted by molar-refractivity contribution is 7.13. The van der Waals surface area contributed by atoms with Gasteiger partial charge in [-0.15, -0.1) is 11.3 Å². The maximum atomic E-state index is 12.3. The molecular formula is C21H21ClN2OS. The molecule has 1 amide bonds. The highest BCUT2D eigenvalue weighted by Gasteiger charge is 2.22. The van der Waals surface area contributed by atoms with Crippen LogP contribution in [-0.4, -0.2) is 17.4 Å². The molecule has 0 aliphatic rings. The molecule has 3 rings (SSSR count). The van der Waals surface area contributed by atoms with Crippen LogP contribution in [0.3, 0.4) is 0 Å². The van der Waals surface area contributed by atoms with Crippen molar-refractivity contribution in [3.63, 3.8) is 0 Å². The first-order valence-electron chi connectivity index (χ1n) is 8.47. The van der Waals surface area contributed by atoms with Gasteiger partial charge in [-0.05, 0) is 17.7 Å². The van der Waals surface area contributed by atoms with Crippen molar-refractivity contribution in [1.29, 1.82) is 0 Å². The van der Waals surface area contributed by atoms with Crippen LogP contribution in [0.1, 0.15) is 25.1 Å². The standard InChI is InChI=1S/C21H21ClN2OS/c1-21(2,16-9-6-10-17(22)11-16)14-23-19(25)12-18-13-26-20(24-18)15-7-4-3-5-8-15/h3-11,13H,12,14H2,1-2H3,(H,23,25). The third-order valence-electron chi connectivity index (χ3n) is 4.25. The predicted octanol–water partition coefficient (Wildman–Crippen LogP) is 5.10. The topological polar surface area (TPSA) is 42.0 Å². The highest BCUT2D eigenvalue weighted by Crippen LogP contribution is 2.25. The van der Waals surface area contributed by atoms with Gasteiger partial charge in [-0.3, -0.25) is 4.79 Å². The molecule has 0 unspecified atom stereocenters. The molecule has 1 aromatic heterocycles. The predicted molar refractivity (Wildman–Crippen MR) is 109 cm³/mol. The molecule has 1 heterocycles. The van der Waals surface area contributed by atoms with Crippen LogP contribution in [0.5, 0.6) is 0 Å². The maximum Gasteiger partial charge on any atom is 0.226 e. The zero-order chi connectivity index (χ0) is 18.6.